The van der Waals surface area contributed by atoms with Gasteiger partial charge >= 0.3 is 0 Å². The number of alkyl halides is 1. The molecule has 0 spiro atoms. The zero-order valence-electron chi connectivity index (χ0n) is 13.8. The summed E-state index contributed by atoms with van der Waals surface area (Å²) in [6.07, 6.45) is -0.275. The first-order chi connectivity index (χ1) is 10.8. The van der Waals surface area contributed by atoms with E-state index in [0.717, 1.165) is 23.3 Å². The summed E-state index contributed by atoms with van der Waals surface area (Å²) in [5, 5.41) is 0. The summed E-state index contributed by atoms with van der Waals surface area (Å²) in [4.78, 5) is 0. The fourth-order valence-electron chi connectivity index (χ4n) is 2.81. The van der Waals surface area contributed by atoms with Crippen molar-refractivity contribution in [3.63, 3.8) is 0 Å². The summed E-state index contributed by atoms with van der Waals surface area (Å²) >= 11 is 5.94. The predicted octanol–water partition coefficient (Wildman–Crippen LogP) is 6.10. The van der Waals surface area contributed by atoms with E-state index in [9.17, 15) is 8.78 Å². The van der Waals surface area contributed by atoms with E-state index in [-0.39, 0.29) is 17.1 Å². The molecule has 0 saturated carbocycles. The van der Waals surface area contributed by atoms with Crippen molar-refractivity contribution in [2.75, 3.05) is 7.11 Å². The quantitative estimate of drug-likeness (QED) is 0.611. The largest absolute Gasteiger partial charge is 0.376 e. The second-order valence-electron chi connectivity index (χ2n) is 6.66. The van der Waals surface area contributed by atoms with Crippen LogP contribution in [0.15, 0.2) is 36.4 Å². The van der Waals surface area contributed by atoms with Crippen molar-refractivity contribution in [1.29, 1.82) is 0 Å². The molecule has 2 rings (SSSR count). The van der Waals surface area contributed by atoms with E-state index < -0.39 is 11.6 Å². The Hall–Kier alpha value is -1.45. The summed E-state index contributed by atoms with van der Waals surface area (Å²) < 4.78 is 33.5. The SMILES string of the molecule is CO[C@@H](c1cc(CCl)ccc1-c1cc(F)ccc1F)C(C)(C)C. The van der Waals surface area contributed by atoms with Gasteiger partial charge in [-0.2, -0.15) is 0 Å². The van der Waals surface area contributed by atoms with Crippen LogP contribution in [-0.2, 0) is 10.6 Å². The van der Waals surface area contributed by atoms with Gasteiger partial charge in [-0.3, -0.25) is 0 Å². The highest BCUT2D eigenvalue weighted by atomic mass is 35.5. The summed E-state index contributed by atoms with van der Waals surface area (Å²) in [6, 6.07) is 8.98. The lowest BCUT2D eigenvalue weighted by molar-refractivity contribution is 0.0155. The molecule has 0 aliphatic heterocycles. The van der Waals surface area contributed by atoms with Crippen molar-refractivity contribution in [2.45, 2.75) is 32.8 Å². The van der Waals surface area contributed by atoms with Gasteiger partial charge in [0.1, 0.15) is 11.6 Å². The second-order valence-corrected chi connectivity index (χ2v) is 6.93. The van der Waals surface area contributed by atoms with Gasteiger partial charge in [-0.25, -0.2) is 8.78 Å². The van der Waals surface area contributed by atoms with E-state index in [1.165, 1.54) is 6.07 Å². The van der Waals surface area contributed by atoms with Crippen molar-refractivity contribution in [2.24, 2.45) is 5.41 Å². The standard InChI is InChI=1S/C19H21ClF2O/c1-19(2,3)18(23-4)16-9-12(11-20)5-7-14(16)15-10-13(21)6-8-17(15)22/h5-10,18H,11H2,1-4H3/t18-/m0/s1. The molecule has 0 aromatic heterocycles. The molecule has 1 nitrogen and oxygen atoms in total. The van der Waals surface area contributed by atoms with Crippen LogP contribution in [0, 0.1) is 17.0 Å². The fourth-order valence-corrected chi connectivity index (χ4v) is 2.97. The molecule has 0 fully saturated rings. The number of methoxy groups -OCH3 is 1. The Labute approximate surface area is 141 Å². The highest BCUT2D eigenvalue weighted by Gasteiger charge is 2.29. The van der Waals surface area contributed by atoms with Gasteiger partial charge in [-0.15, -0.1) is 11.6 Å². The van der Waals surface area contributed by atoms with E-state index in [1.807, 2.05) is 32.9 Å². The van der Waals surface area contributed by atoms with Crippen LogP contribution in [0.5, 0.6) is 0 Å². The van der Waals surface area contributed by atoms with E-state index in [0.29, 0.717) is 11.4 Å². The minimum Gasteiger partial charge on any atom is -0.376 e. The zero-order chi connectivity index (χ0) is 17.2. The maximum absolute atomic E-state index is 14.2. The minimum absolute atomic E-state index is 0.210. The number of rotatable bonds is 4. The molecule has 0 aliphatic rings. The third-order valence-electron chi connectivity index (χ3n) is 3.79. The van der Waals surface area contributed by atoms with Crippen LogP contribution in [-0.4, -0.2) is 7.11 Å². The molecular formula is C19H21ClF2O. The van der Waals surface area contributed by atoms with Crippen LogP contribution >= 0.6 is 11.6 Å². The molecular weight excluding hydrogens is 318 g/mol. The van der Waals surface area contributed by atoms with Crippen LogP contribution in [0.25, 0.3) is 11.1 Å². The molecule has 2 aromatic carbocycles. The molecule has 0 saturated heterocycles. The van der Waals surface area contributed by atoms with Gasteiger partial charge < -0.3 is 4.74 Å². The topological polar surface area (TPSA) is 9.23 Å². The van der Waals surface area contributed by atoms with E-state index in [1.54, 1.807) is 13.2 Å². The Bertz CT molecular complexity index is 692. The maximum Gasteiger partial charge on any atom is 0.131 e. The molecule has 4 heteroatoms. The van der Waals surface area contributed by atoms with Crippen molar-refractivity contribution >= 4 is 11.6 Å². The Morgan fingerprint density at radius 1 is 1.04 bits per heavy atom. The first-order valence-corrected chi connectivity index (χ1v) is 7.98. The Kier molecular flexibility index (Phi) is 5.43. The van der Waals surface area contributed by atoms with Gasteiger partial charge in [-0.1, -0.05) is 39.0 Å². The minimum atomic E-state index is -0.474. The van der Waals surface area contributed by atoms with Crippen LogP contribution in [0.4, 0.5) is 8.78 Å². The third-order valence-corrected chi connectivity index (χ3v) is 4.10. The van der Waals surface area contributed by atoms with Crippen molar-refractivity contribution in [3.8, 4) is 11.1 Å². The highest BCUT2D eigenvalue weighted by molar-refractivity contribution is 6.17. The average Bonchev–Trinajstić information content (AvgIpc) is 2.49. The lowest BCUT2D eigenvalue weighted by Gasteiger charge is -2.31. The Morgan fingerprint density at radius 2 is 1.74 bits per heavy atom. The number of benzene rings is 2. The van der Waals surface area contributed by atoms with Crippen LogP contribution in [0.2, 0.25) is 0 Å². The molecule has 0 N–H and O–H groups in total. The highest BCUT2D eigenvalue weighted by Crippen LogP contribution is 2.41. The molecule has 23 heavy (non-hydrogen) atoms. The lowest BCUT2D eigenvalue weighted by Crippen LogP contribution is -2.21. The predicted molar refractivity (Wildman–Crippen MR) is 90.6 cm³/mol. The summed E-state index contributed by atoms with van der Waals surface area (Å²) in [7, 11) is 1.62. The lowest BCUT2D eigenvalue weighted by atomic mass is 9.81. The molecule has 0 unspecified atom stereocenters. The first-order valence-electron chi connectivity index (χ1n) is 7.45. The second kappa shape index (κ2) is 6.98. The third kappa shape index (κ3) is 3.91. The van der Waals surface area contributed by atoms with E-state index in [2.05, 4.69) is 0 Å². The smallest absolute Gasteiger partial charge is 0.131 e. The average molecular weight is 339 g/mol. The van der Waals surface area contributed by atoms with E-state index in [4.69, 9.17) is 16.3 Å². The molecule has 0 bridgehead atoms. The normalized spacial score (nSPS) is 13.2. The molecule has 0 radical (unpaired) electrons. The van der Waals surface area contributed by atoms with Crippen molar-refractivity contribution < 1.29 is 13.5 Å². The molecule has 0 heterocycles. The zero-order valence-corrected chi connectivity index (χ0v) is 14.5. The molecule has 124 valence electrons. The number of hydrogen-bond donors (Lipinski definition) is 0. The summed E-state index contributed by atoms with van der Waals surface area (Å²) in [5.74, 6) is -0.590. The monoisotopic (exact) mass is 338 g/mol. The van der Waals surface area contributed by atoms with Gasteiger partial charge in [-0.05, 0) is 40.3 Å². The van der Waals surface area contributed by atoms with Crippen molar-refractivity contribution in [3.05, 3.63) is 59.2 Å². The Balaban J connectivity index is 2.71. The molecule has 2 aromatic rings. The maximum atomic E-state index is 14.2. The summed E-state index contributed by atoms with van der Waals surface area (Å²) in [5.41, 5.74) is 2.36. The number of hydrogen-bond acceptors (Lipinski definition) is 1. The molecule has 0 aliphatic carbocycles. The van der Waals surface area contributed by atoms with Gasteiger partial charge in [0, 0.05) is 18.6 Å². The van der Waals surface area contributed by atoms with Gasteiger partial charge in [0.15, 0.2) is 0 Å². The van der Waals surface area contributed by atoms with Crippen LogP contribution in [0.1, 0.15) is 38.0 Å². The van der Waals surface area contributed by atoms with Crippen LogP contribution < -0.4 is 0 Å². The number of ether oxygens (including phenoxy) is 1. The van der Waals surface area contributed by atoms with E-state index >= 15 is 0 Å². The Morgan fingerprint density at radius 3 is 2.30 bits per heavy atom. The van der Waals surface area contributed by atoms with Crippen LogP contribution in [0.3, 0.4) is 0 Å². The molecule has 0 amide bonds. The first kappa shape index (κ1) is 17.9. The molecule has 1 atom stereocenters. The fraction of sp³-hybridized carbons (Fsp3) is 0.368. The van der Waals surface area contributed by atoms with Crippen molar-refractivity contribution in [1.82, 2.24) is 0 Å². The summed E-state index contributed by atoms with van der Waals surface area (Å²) in [6.45, 7) is 6.13. The van der Waals surface area contributed by atoms with Gasteiger partial charge in [0.05, 0.1) is 6.10 Å². The number of halogens is 3. The van der Waals surface area contributed by atoms with Gasteiger partial charge in [0.2, 0.25) is 0 Å². The van der Waals surface area contributed by atoms with Gasteiger partial charge in [0.25, 0.3) is 0 Å².